The molecule has 0 N–H and O–H groups in total. The second kappa shape index (κ2) is 15.1. The van der Waals surface area contributed by atoms with Gasteiger partial charge in [0.15, 0.2) is 0 Å². The van der Waals surface area contributed by atoms with Crippen molar-refractivity contribution in [3.05, 3.63) is 127 Å². The van der Waals surface area contributed by atoms with E-state index in [2.05, 4.69) is 37.5 Å². The van der Waals surface area contributed by atoms with Gasteiger partial charge in [-0.2, -0.15) is 32.5 Å². The van der Waals surface area contributed by atoms with Crippen LogP contribution in [0.25, 0.3) is 33.4 Å². The molecule has 0 aliphatic carbocycles. The van der Waals surface area contributed by atoms with Crippen LogP contribution in [0.2, 0.25) is 0 Å². The zero-order valence-electron chi connectivity index (χ0n) is 23.5. The third kappa shape index (κ3) is 7.88. The van der Waals surface area contributed by atoms with Gasteiger partial charge in [0.1, 0.15) is 22.1 Å². The first-order valence-corrected chi connectivity index (χ1v) is 12.9. The van der Waals surface area contributed by atoms with Crippen LogP contribution >= 0.6 is 0 Å². The Labute approximate surface area is 266 Å². The fourth-order valence-corrected chi connectivity index (χ4v) is 3.78. The van der Waals surface area contributed by atoms with E-state index in [4.69, 9.17) is 9.47 Å². The second-order valence-electron chi connectivity index (χ2n) is 8.72. The molecule has 44 heavy (non-hydrogen) atoms. The second-order valence-corrected chi connectivity index (χ2v) is 8.72. The Hall–Kier alpha value is -5.45. The molecule has 0 amide bonds. The number of methoxy groups -OCH3 is 2. The van der Waals surface area contributed by atoms with Crippen LogP contribution in [0.3, 0.4) is 0 Å². The van der Waals surface area contributed by atoms with Crippen LogP contribution in [0.1, 0.15) is 10.5 Å². The SMILES string of the molecule is COc1c[c-]cc(-n2nc3ccccc3n2)c1.COc1c[c-]cc(-n2nc3ccccc3n2)c1.O=C([O-])c1ccccn1.[Ir+3]. The van der Waals surface area contributed by atoms with Crippen LogP contribution in [-0.2, 0) is 20.1 Å². The number of carbonyl (C=O) groups excluding carboxylic acids is 1. The van der Waals surface area contributed by atoms with E-state index in [0.717, 1.165) is 44.9 Å². The molecule has 0 saturated carbocycles. The number of aromatic carboxylic acids is 1. The monoisotopic (exact) mass is 763 g/mol. The minimum Gasteiger partial charge on any atom is -0.554 e. The van der Waals surface area contributed by atoms with Gasteiger partial charge in [0.2, 0.25) is 0 Å². The maximum absolute atomic E-state index is 10.0. The maximum atomic E-state index is 10.0. The third-order valence-corrected chi connectivity index (χ3v) is 5.87. The van der Waals surface area contributed by atoms with Gasteiger partial charge >= 0.3 is 20.1 Å². The molecule has 0 unspecified atom stereocenters. The van der Waals surface area contributed by atoms with Crippen molar-refractivity contribution in [1.29, 1.82) is 0 Å². The Morgan fingerprint density at radius 3 is 1.39 bits per heavy atom. The van der Waals surface area contributed by atoms with Crippen molar-refractivity contribution in [1.82, 2.24) is 35.0 Å². The van der Waals surface area contributed by atoms with E-state index in [1.165, 1.54) is 12.3 Å². The van der Waals surface area contributed by atoms with Crippen molar-refractivity contribution < 1.29 is 39.5 Å². The minimum atomic E-state index is -1.24. The van der Waals surface area contributed by atoms with Gasteiger partial charge in [-0.05, 0) is 47.8 Å². The van der Waals surface area contributed by atoms with E-state index >= 15 is 0 Å². The molecule has 0 atom stereocenters. The molecule has 4 aromatic carbocycles. The van der Waals surface area contributed by atoms with E-state index in [0.29, 0.717) is 0 Å². The van der Waals surface area contributed by atoms with Crippen molar-refractivity contribution in [3.63, 3.8) is 0 Å². The standard InChI is InChI=1S/2C13H10N3O.C6H5NO2.Ir/c2*1-17-11-6-4-5-10(9-11)16-14-12-7-2-3-8-13(12)15-16;8-6(9)5-3-1-2-4-7-5;/h2*2-3,5-9H,1H3;1-4H,(H,8,9);/q2*-1;;+3/p-1. The number of hydrogen-bond acceptors (Lipinski definition) is 9. The number of ether oxygens (including phenoxy) is 2. The molecule has 7 rings (SSSR count). The molecule has 3 aromatic heterocycles. The number of benzene rings is 4. The van der Waals surface area contributed by atoms with Crippen LogP contribution in [0.4, 0.5) is 0 Å². The summed E-state index contributed by atoms with van der Waals surface area (Å²) in [4.78, 5) is 16.7. The predicted octanol–water partition coefficient (Wildman–Crippen LogP) is 3.90. The van der Waals surface area contributed by atoms with E-state index in [1.54, 1.807) is 48.1 Å². The number of nitrogens with zero attached hydrogens (tertiary/aromatic N) is 7. The first kappa shape index (κ1) is 31.5. The van der Waals surface area contributed by atoms with Gasteiger partial charge in [0.05, 0.1) is 25.9 Å². The Balaban J connectivity index is 0.000000156. The number of hydrogen-bond donors (Lipinski definition) is 0. The van der Waals surface area contributed by atoms with E-state index in [9.17, 15) is 9.90 Å². The number of fused-ring (bicyclic) bond motifs is 2. The number of carboxylic acid groups (broad SMARTS) is 1. The minimum absolute atomic E-state index is 0. The Kier molecular flexibility index (Phi) is 10.8. The molecule has 0 aliphatic heterocycles. The van der Waals surface area contributed by atoms with Crippen LogP contribution in [0.5, 0.6) is 11.5 Å². The summed E-state index contributed by atoms with van der Waals surface area (Å²) in [7, 11) is 3.25. The van der Waals surface area contributed by atoms with Crippen molar-refractivity contribution in [2.45, 2.75) is 0 Å². The van der Waals surface area contributed by atoms with Gasteiger partial charge in [0, 0.05) is 17.7 Å². The van der Waals surface area contributed by atoms with E-state index in [-0.39, 0.29) is 25.8 Å². The zero-order chi connectivity index (χ0) is 30.0. The number of aromatic nitrogens is 7. The van der Waals surface area contributed by atoms with Crippen molar-refractivity contribution in [3.8, 4) is 22.9 Å². The molecule has 0 spiro atoms. The molecule has 0 bridgehead atoms. The number of rotatable bonds is 5. The molecule has 3 heterocycles. The Bertz CT molecular complexity index is 1780. The van der Waals surface area contributed by atoms with E-state index < -0.39 is 5.97 Å². The quantitative estimate of drug-likeness (QED) is 0.240. The fourth-order valence-electron chi connectivity index (χ4n) is 3.78. The Morgan fingerprint density at radius 2 is 1.07 bits per heavy atom. The topological polar surface area (TPSA) is 133 Å². The summed E-state index contributed by atoms with van der Waals surface area (Å²) >= 11 is 0. The average Bonchev–Trinajstić information content (AvgIpc) is 3.71. The number of carboxylic acids is 1. The Morgan fingerprint density at radius 1 is 0.659 bits per heavy atom. The van der Waals surface area contributed by atoms with Gasteiger partial charge in [-0.1, -0.05) is 30.3 Å². The van der Waals surface area contributed by atoms with Crippen LogP contribution < -0.4 is 14.6 Å². The number of pyridine rings is 1. The smallest absolute Gasteiger partial charge is 0.554 e. The summed E-state index contributed by atoms with van der Waals surface area (Å²) in [6, 6.07) is 37.1. The van der Waals surface area contributed by atoms with Gasteiger partial charge in [-0.3, -0.25) is 4.98 Å². The molecule has 0 aliphatic rings. The van der Waals surface area contributed by atoms with E-state index in [1.807, 2.05) is 72.8 Å². The average molecular weight is 763 g/mol. The van der Waals surface area contributed by atoms with Gasteiger partial charge in [-0.25, -0.2) is 9.59 Å². The molecule has 11 nitrogen and oxygen atoms in total. The van der Waals surface area contributed by atoms with Gasteiger partial charge in [0.25, 0.3) is 0 Å². The van der Waals surface area contributed by atoms with Crippen molar-refractivity contribution >= 4 is 28.0 Å². The van der Waals surface area contributed by atoms with Gasteiger partial charge < -0.3 is 19.4 Å². The predicted molar refractivity (Wildman–Crippen MR) is 157 cm³/mol. The molecule has 0 radical (unpaired) electrons. The first-order chi connectivity index (χ1) is 21.0. The van der Waals surface area contributed by atoms with Crippen molar-refractivity contribution in [2.75, 3.05) is 14.2 Å². The molecule has 0 saturated heterocycles. The summed E-state index contributed by atoms with van der Waals surface area (Å²) in [5.74, 6) is 0.239. The summed E-state index contributed by atoms with van der Waals surface area (Å²) in [6.45, 7) is 0. The third-order valence-electron chi connectivity index (χ3n) is 5.87. The molecule has 220 valence electrons. The molecular formula is C32H24IrN7O4. The summed E-state index contributed by atoms with van der Waals surface area (Å²) in [5, 5.41) is 27.6. The number of carbonyl (C=O) groups is 1. The van der Waals surface area contributed by atoms with Crippen molar-refractivity contribution in [2.24, 2.45) is 0 Å². The summed E-state index contributed by atoms with van der Waals surface area (Å²) < 4.78 is 10.3. The fraction of sp³-hybridized carbons (Fsp3) is 0.0625. The molecule has 0 fully saturated rings. The van der Waals surface area contributed by atoms with Gasteiger partial charge in [-0.15, -0.1) is 36.4 Å². The van der Waals surface area contributed by atoms with Crippen LogP contribution in [0.15, 0.2) is 109 Å². The largest absolute Gasteiger partial charge is 3.00 e. The summed E-state index contributed by atoms with van der Waals surface area (Å²) in [6.07, 6.45) is 1.41. The molecular weight excluding hydrogens is 739 g/mol. The van der Waals surface area contributed by atoms with Crippen LogP contribution in [-0.4, -0.2) is 55.2 Å². The molecule has 7 aromatic rings. The summed E-state index contributed by atoms with van der Waals surface area (Å²) in [5.41, 5.74) is 5.12. The first-order valence-electron chi connectivity index (χ1n) is 12.9. The zero-order valence-corrected chi connectivity index (χ0v) is 25.9. The maximum Gasteiger partial charge on any atom is 3.00 e. The normalized spacial score (nSPS) is 10.0. The van der Waals surface area contributed by atoms with Crippen LogP contribution in [0, 0.1) is 12.1 Å². The molecule has 12 heteroatoms.